The Balaban J connectivity index is 2.55. The molecular weight excluding hydrogens is 169 g/mol. The monoisotopic (exact) mass is 182 g/mol. The summed E-state index contributed by atoms with van der Waals surface area (Å²) in [7, 11) is 1.66. The van der Waals surface area contributed by atoms with E-state index in [1.165, 1.54) is 0 Å². The van der Waals surface area contributed by atoms with E-state index < -0.39 is 12.1 Å². The predicted octanol–water partition coefficient (Wildman–Crippen LogP) is 0.828. The molecule has 5 heteroatoms. The van der Waals surface area contributed by atoms with Gasteiger partial charge < -0.3 is 10.6 Å². The van der Waals surface area contributed by atoms with Crippen LogP contribution in [0.5, 0.6) is 0 Å². The average molecular weight is 182 g/mol. The summed E-state index contributed by atoms with van der Waals surface area (Å²) >= 11 is 0. The van der Waals surface area contributed by atoms with E-state index in [1.54, 1.807) is 11.9 Å². The second-order valence-electron chi connectivity index (χ2n) is 3.46. The second-order valence-corrected chi connectivity index (χ2v) is 3.46. The molecule has 0 bridgehead atoms. The molecule has 1 aliphatic rings. The highest BCUT2D eigenvalue weighted by Gasteiger charge is 2.42. The SMILES string of the molecule is CN1CC(N)CC(C(F)(F)F)C1. The average Bonchev–Trinajstić information content (AvgIpc) is 1.82. The Labute approximate surface area is 69.5 Å². The molecule has 2 unspecified atom stereocenters. The highest BCUT2D eigenvalue weighted by Crippen LogP contribution is 2.32. The molecule has 2 N–H and O–H groups in total. The summed E-state index contributed by atoms with van der Waals surface area (Å²) in [5.74, 6) is -1.24. The minimum atomic E-state index is -4.09. The molecule has 0 aromatic heterocycles. The van der Waals surface area contributed by atoms with Gasteiger partial charge in [-0.3, -0.25) is 0 Å². The maximum Gasteiger partial charge on any atom is 0.393 e. The molecule has 1 fully saturated rings. The van der Waals surface area contributed by atoms with Crippen LogP contribution >= 0.6 is 0 Å². The van der Waals surface area contributed by atoms with Gasteiger partial charge in [0.05, 0.1) is 5.92 Å². The maximum atomic E-state index is 12.2. The fraction of sp³-hybridized carbons (Fsp3) is 1.00. The van der Waals surface area contributed by atoms with Crippen molar-refractivity contribution in [2.45, 2.75) is 18.6 Å². The molecule has 12 heavy (non-hydrogen) atoms. The van der Waals surface area contributed by atoms with Crippen molar-refractivity contribution in [3.63, 3.8) is 0 Å². The summed E-state index contributed by atoms with van der Waals surface area (Å²) in [5.41, 5.74) is 5.47. The van der Waals surface area contributed by atoms with E-state index in [0.717, 1.165) is 0 Å². The lowest BCUT2D eigenvalue weighted by molar-refractivity contribution is -0.186. The van der Waals surface area contributed by atoms with Crippen LogP contribution in [-0.4, -0.2) is 37.3 Å². The first-order chi connectivity index (χ1) is 5.39. The lowest BCUT2D eigenvalue weighted by Gasteiger charge is -2.34. The van der Waals surface area contributed by atoms with Crippen molar-refractivity contribution in [2.75, 3.05) is 20.1 Å². The summed E-state index contributed by atoms with van der Waals surface area (Å²) in [6, 6.07) is -0.338. The number of nitrogens with zero attached hydrogens (tertiary/aromatic N) is 1. The highest BCUT2D eigenvalue weighted by atomic mass is 19.4. The molecule has 0 aliphatic carbocycles. The third kappa shape index (κ3) is 2.35. The summed E-state index contributed by atoms with van der Waals surface area (Å²) in [6.45, 7) is 0.643. The van der Waals surface area contributed by atoms with Gasteiger partial charge in [-0.2, -0.15) is 13.2 Å². The number of hydrogen-bond acceptors (Lipinski definition) is 2. The number of alkyl halides is 3. The molecule has 1 saturated heterocycles. The molecule has 1 heterocycles. The van der Waals surface area contributed by atoms with Crippen LogP contribution in [0.4, 0.5) is 13.2 Å². The number of hydrogen-bond donors (Lipinski definition) is 1. The van der Waals surface area contributed by atoms with Crippen molar-refractivity contribution in [1.29, 1.82) is 0 Å². The van der Waals surface area contributed by atoms with E-state index >= 15 is 0 Å². The lowest BCUT2D eigenvalue weighted by atomic mass is 9.95. The topological polar surface area (TPSA) is 29.3 Å². The zero-order valence-corrected chi connectivity index (χ0v) is 6.93. The lowest BCUT2D eigenvalue weighted by Crippen LogP contribution is -2.49. The van der Waals surface area contributed by atoms with Gasteiger partial charge in [-0.15, -0.1) is 0 Å². The van der Waals surface area contributed by atoms with Gasteiger partial charge in [-0.25, -0.2) is 0 Å². The van der Waals surface area contributed by atoms with E-state index in [0.29, 0.717) is 6.54 Å². The van der Waals surface area contributed by atoms with Crippen LogP contribution in [0.15, 0.2) is 0 Å². The number of piperidine rings is 1. The van der Waals surface area contributed by atoms with Crippen LogP contribution in [0.2, 0.25) is 0 Å². The molecule has 0 spiro atoms. The quantitative estimate of drug-likeness (QED) is 0.601. The molecule has 2 atom stereocenters. The Hall–Kier alpha value is -0.290. The summed E-state index contributed by atoms with van der Waals surface area (Å²) < 4.78 is 36.6. The van der Waals surface area contributed by atoms with Crippen molar-refractivity contribution in [3.8, 4) is 0 Å². The highest BCUT2D eigenvalue weighted by molar-refractivity contribution is 4.83. The summed E-state index contributed by atoms with van der Waals surface area (Å²) in [4.78, 5) is 1.63. The summed E-state index contributed by atoms with van der Waals surface area (Å²) in [5, 5.41) is 0. The van der Waals surface area contributed by atoms with Gasteiger partial charge in [0.25, 0.3) is 0 Å². The first kappa shape index (κ1) is 9.80. The maximum absolute atomic E-state index is 12.2. The first-order valence-corrected chi connectivity index (χ1v) is 3.90. The molecule has 2 nitrogen and oxygen atoms in total. The van der Waals surface area contributed by atoms with Gasteiger partial charge in [0.15, 0.2) is 0 Å². The Bertz CT molecular complexity index is 147. The Morgan fingerprint density at radius 3 is 2.33 bits per heavy atom. The van der Waals surface area contributed by atoms with Crippen molar-refractivity contribution < 1.29 is 13.2 Å². The largest absolute Gasteiger partial charge is 0.393 e. The van der Waals surface area contributed by atoms with Gasteiger partial charge in [0.1, 0.15) is 0 Å². The molecule has 0 aromatic carbocycles. The molecule has 0 radical (unpaired) electrons. The van der Waals surface area contributed by atoms with Crippen LogP contribution in [0, 0.1) is 5.92 Å². The minimum Gasteiger partial charge on any atom is -0.327 e. The molecule has 1 aliphatic heterocycles. The van der Waals surface area contributed by atoms with Gasteiger partial charge in [0.2, 0.25) is 0 Å². The smallest absolute Gasteiger partial charge is 0.327 e. The third-order valence-electron chi connectivity index (χ3n) is 2.13. The van der Waals surface area contributed by atoms with E-state index in [4.69, 9.17) is 5.73 Å². The van der Waals surface area contributed by atoms with Gasteiger partial charge in [-0.1, -0.05) is 0 Å². The van der Waals surface area contributed by atoms with Crippen molar-refractivity contribution >= 4 is 0 Å². The van der Waals surface area contributed by atoms with Crippen LogP contribution in [0.3, 0.4) is 0 Å². The van der Waals surface area contributed by atoms with Crippen LogP contribution in [0.1, 0.15) is 6.42 Å². The van der Waals surface area contributed by atoms with Crippen LogP contribution in [-0.2, 0) is 0 Å². The Morgan fingerprint density at radius 1 is 1.33 bits per heavy atom. The second kappa shape index (κ2) is 3.22. The Morgan fingerprint density at radius 2 is 1.92 bits per heavy atom. The van der Waals surface area contributed by atoms with Crippen molar-refractivity contribution in [1.82, 2.24) is 4.90 Å². The normalized spacial score (nSPS) is 33.8. The fourth-order valence-electron chi connectivity index (χ4n) is 1.60. The predicted molar refractivity (Wildman–Crippen MR) is 39.6 cm³/mol. The number of nitrogens with two attached hydrogens (primary N) is 1. The molecule has 72 valence electrons. The van der Waals surface area contributed by atoms with E-state index in [2.05, 4.69) is 0 Å². The van der Waals surface area contributed by atoms with Crippen LogP contribution in [0.25, 0.3) is 0 Å². The zero-order chi connectivity index (χ0) is 9.35. The van der Waals surface area contributed by atoms with Crippen molar-refractivity contribution in [3.05, 3.63) is 0 Å². The van der Waals surface area contributed by atoms with Gasteiger partial charge in [0, 0.05) is 19.1 Å². The minimum absolute atomic E-state index is 0.0633. The van der Waals surface area contributed by atoms with E-state index in [1.807, 2.05) is 0 Å². The first-order valence-electron chi connectivity index (χ1n) is 3.90. The van der Waals surface area contributed by atoms with Gasteiger partial charge in [-0.05, 0) is 13.5 Å². The zero-order valence-electron chi connectivity index (χ0n) is 6.93. The summed E-state index contributed by atoms with van der Waals surface area (Å²) in [6.07, 6.45) is -4.03. The third-order valence-corrected chi connectivity index (χ3v) is 2.13. The van der Waals surface area contributed by atoms with E-state index in [9.17, 15) is 13.2 Å². The van der Waals surface area contributed by atoms with Crippen LogP contribution < -0.4 is 5.73 Å². The molecule has 0 aromatic rings. The Kier molecular flexibility index (Phi) is 2.63. The van der Waals surface area contributed by atoms with Crippen molar-refractivity contribution in [2.24, 2.45) is 11.7 Å². The molecule has 0 amide bonds. The van der Waals surface area contributed by atoms with Gasteiger partial charge >= 0.3 is 6.18 Å². The van der Waals surface area contributed by atoms with E-state index in [-0.39, 0.29) is 19.0 Å². The fourth-order valence-corrected chi connectivity index (χ4v) is 1.60. The standard InChI is InChI=1S/C7H13F3N2/c1-12-3-5(7(8,9)10)2-6(11)4-12/h5-6H,2-4,11H2,1H3. The number of likely N-dealkylation sites (tertiary alicyclic amines) is 1. The molecular formula is C7H13F3N2. The number of likely N-dealkylation sites (N-methyl/N-ethyl adjacent to an activating group) is 1. The molecule has 0 saturated carbocycles. The number of halogens is 3. The molecule has 1 rings (SSSR count). The number of rotatable bonds is 0.